The normalized spacial score (nSPS) is 22.2. The summed E-state index contributed by atoms with van der Waals surface area (Å²) >= 11 is 0. The van der Waals surface area contributed by atoms with E-state index < -0.39 is 5.82 Å². The smallest absolute Gasteiger partial charge is 0.185 e. The van der Waals surface area contributed by atoms with Gasteiger partial charge in [0.05, 0.1) is 6.20 Å². The predicted molar refractivity (Wildman–Crippen MR) is 77.1 cm³/mol. The van der Waals surface area contributed by atoms with Crippen LogP contribution in [-0.2, 0) is 0 Å². The zero-order chi connectivity index (χ0) is 14.5. The number of carbonyl (C=O) groups excluding carboxylic acids is 1. The number of nitrogens with zero attached hydrogens (tertiary/aromatic N) is 2. The van der Waals surface area contributed by atoms with Gasteiger partial charge in [0, 0.05) is 12.5 Å². The van der Waals surface area contributed by atoms with E-state index in [1.165, 1.54) is 31.4 Å². The molecule has 20 heavy (non-hydrogen) atoms. The fraction of sp³-hybridized carbons (Fsp3) is 0.625. The molecule has 0 saturated carbocycles. The molecule has 1 saturated heterocycles. The van der Waals surface area contributed by atoms with Crippen LogP contribution in [0.1, 0.15) is 43.6 Å². The van der Waals surface area contributed by atoms with Crippen molar-refractivity contribution in [1.29, 1.82) is 0 Å². The molecule has 0 aliphatic carbocycles. The molecule has 3 nitrogen and oxygen atoms in total. The molecule has 2 rings (SSSR count). The molecule has 1 aromatic heterocycles. The Balaban J connectivity index is 1.92. The molecule has 0 N–H and O–H groups in total. The van der Waals surface area contributed by atoms with E-state index in [1.54, 1.807) is 0 Å². The van der Waals surface area contributed by atoms with Gasteiger partial charge in [-0.3, -0.25) is 9.78 Å². The highest BCUT2D eigenvalue weighted by Crippen LogP contribution is 2.18. The minimum Gasteiger partial charge on any atom is -0.303 e. The largest absolute Gasteiger partial charge is 0.303 e. The summed E-state index contributed by atoms with van der Waals surface area (Å²) in [6.45, 7) is 7.13. The van der Waals surface area contributed by atoms with E-state index in [0.29, 0.717) is 5.69 Å². The van der Waals surface area contributed by atoms with Gasteiger partial charge in [0.2, 0.25) is 0 Å². The molecule has 0 amide bonds. The van der Waals surface area contributed by atoms with Crippen LogP contribution < -0.4 is 0 Å². The predicted octanol–water partition coefficient (Wildman–Crippen LogP) is 3.16. The van der Waals surface area contributed by atoms with Gasteiger partial charge in [-0.2, -0.15) is 0 Å². The van der Waals surface area contributed by atoms with E-state index in [2.05, 4.69) is 16.8 Å². The van der Waals surface area contributed by atoms with Crippen LogP contribution in [0.4, 0.5) is 4.39 Å². The molecule has 1 aliphatic rings. The highest BCUT2D eigenvalue weighted by molar-refractivity contribution is 5.95. The third-order valence-electron chi connectivity index (χ3n) is 4.07. The summed E-state index contributed by atoms with van der Waals surface area (Å²) in [6.07, 6.45) is 4.79. The first-order valence-electron chi connectivity index (χ1n) is 7.44. The van der Waals surface area contributed by atoms with Gasteiger partial charge in [0.15, 0.2) is 5.78 Å². The number of aromatic nitrogens is 1. The summed E-state index contributed by atoms with van der Waals surface area (Å²) in [5.74, 6) is 0.282. The van der Waals surface area contributed by atoms with E-state index in [4.69, 9.17) is 0 Å². The molecule has 0 radical (unpaired) electrons. The van der Waals surface area contributed by atoms with Crippen LogP contribution in [0.25, 0.3) is 0 Å². The SMILES string of the molecule is CC1CCCN(CC(C)C(=O)c2ccc(F)cn2)CC1. The van der Waals surface area contributed by atoms with Crippen molar-refractivity contribution in [3.63, 3.8) is 0 Å². The quantitative estimate of drug-likeness (QED) is 0.793. The molecule has 0 bridgehead atoms. The van der Waals surface area contributed by atoms with Crippen LogP contribution in [-0.4, -0.2) is 35.3 Å². The topological polar surface area (TPSA) is 33.2 Å². The van der Waals surface area contributed by atoms with Crippen molar-refractivity contribution in [3.05, 3.63) is 29.8 Å². The summed E-state index contributed by atoms with van der Waals surface area (Å²) in [5.41, 5.74) is 0.363. The first-order valence-corrected chi connectivity index (χ1v) is 7.44. The number of pyridine rings is 1. The zero-order valence-corrected chi connectivity index (χ0v) is 12.3. The second-order valence-electron chi connectivity index (χ2n) is 5.96. The lowest BCUT2D eigenvalue weighted by Crippen LogP contribution is -2.33. The van der Waals surface area contributed by atoms with Gasteiger partial charge in [-0.1, -0.05) is 13.8 Å². The van der Waals surface area contributed by atoms with Crippen molar-refractivity contribution in [2.75, 3.05) is 19.6 Å². The van der Waals surface area contributed by atoms with Crippen molar-refractivity contribution in [2.24, 2.45) is 11.8 Å². The lowest BCUT2D eigenvalue weighted by Gasteiger charge is -2.23. The van der Waals surface area contributed by atoms with E-state index in [1.807, 2.05) is 6.92 Å². The van der Waals surface area contributed by atoms with Gasteiger partial charge >= 0.3 is 0 Å². The Kier molecular flexibility index (Phi) is 5.24. The van der Waals surface area contributed by atoms with Crippen molar-refractivity contribution < 1.29 is 9.18 Å². The lowest BCUT2D eigenvalue weighted by molar-refractivity contribution is 0.0889. The standard InChI is InChI=1S/C16H23FN2O/c1-12-4-3-8-19(9-7-12)11-13(2)16(20)15-6-5-14(17)10-18-15/h5-6,10,12-13H,3-4,7-9,11H2,1-2H3. The summed E-state index contributed by atoms with van der Waals surface area (Å²) in [4.78, 5) is 18.5. The van der Waals surface area contributed by atoms with Crippen molar-refractivity contribution in [1.82, 2.24) is 9.88 Å². The lowest BCUT2D eigenvalue weighted by atomic mass is 10.0. The molecule has 0 aromatic carbocycles. The molecule has 2 atom stereocenters. The van der Waals surface area contributed by atoms with Gasteiger partial charge in [-0.25, -0.2) is 4.39 Å². The maximum absolute atomic E-state index is 12.8. The number of hydrogen-bond donors (Lipinski definition) is 0. The van der Waals surface area contributed by atoms with Crippen molar-refractivity contribution >= 4 is 5.78 Å². The van der Waals surface area contributed by atoms with Crippen molar-refractivity contribution in [2.45, 2.75) is 33.1 Å². The van der Waals surface area contributed by atoms with Crippen LogP contribution in [0.5, 0.6) is 0 Å². The molecule has 2 heterocycles. The number of hydrogen-bond acceptors (Lipinski definition) is 3. The second-order valence-corrected chi connectivity index (χ2v) is 5.96. The van der Waals surface area contributed by atoms with Gasteiger partial charge in [0.25, 0.3) is 0 Å². The van der Waals surface area contributed by atoms with E-state index >= 15 is 0 Å². The minimum absolute atomic E-state index is 0.00213. The average Bonchev–Trinajstić information content (AvgIpc) is 2.64. The third-order valence-corrected chi connectivity index (χ3v) is 4.07. The first-order chi connectivity index (χ1) is 9.56. The Hall–Kier alpha value is -1.29. The summed E-state index contributed by atoms with van der Waals surface area (Å²) in [7, 11) is 0. The van der Waals surface area contributed by atoms with Gasteiger partial charge in [0.1, 0.15) is 11.5 Å². The molecule has 0 spiro atoms. The molecular weight excluding hydrogens is 255 g/mol. The van der Waals surface area contributed by atoms with E-state index in [9.17, 15) is 9.18 Å². The van der Waals surface area contributed by atoms with E-state index in [-0.39, 0.29) is 11.7 Å². The molecule has 1 aliphatic heterocycles. The number of rotatable bonds is 4. The van der Waals surface area contributed by atoms with Crippen LogP contribution in [0, 0.1) is 17.7 Å². The van der Waals surface area contributed by atoms with Crippen LogP contribution in [0.15, 0.2) is 18.3 Å². The third kappa shape index (κ3) is 4.10. The monoisotopic (exact) mass is 278 g/mol. The summed E-state index contributed by atoms with van der Waals surface area (Å²) < 4.78 is 12.8. The Morgan fingerprint density at radius 3 is 2.95 bits per heavy atom. The Morgan fingerprint density at radius 1 is 1.45 bits per heavy atom. The Morgan fingerprint density at radius 2 is 2.25 bits per heavy atom. The summed E-state index contributed by atoms with van der Waals surface area (Å²) in [6, 6.07) is 2.76. The number of ketones is 1. The van der Waals surface area contributed by atoms with Gasteiger partial charge in [-0.15, -0.1) is 0 Å². The number of likely N-dealkylation sites (tertiary alicyclic amines) is 1. The van der Waals surface area contributed by atoms with Crippen molar-refractivity contribution in [3.8, 4) is 0 Å². The average molecular weight is 278 g/mol. The number of carbonyl (C=O) groups is 1. The fourth-order valence-corrected chi connectivity index (χ4v) is 2.75. The summed E-state index contributed by atoms with van der Waals surface area (Å²) in [5, 5.41) is 0. The number of halogens is 1. The second kappa shape index (κ2) is 6.93. The molecule has 1 aromatic rings. The molecular formula is C16H23FN2O. The maximum Gasteiger partial charge on any atom is 0.185 e. The fourth-order valence-electron chi connectivity index (χ4n) is 2.75. The maximum atomic E-state index is 12.8. The van der Waals surface area contributed by atoms with Crippen LogP contribution in [0.3, 0.4) is 0 Å². The Labute approximate surface area is 120 Å². The molecule has 2 unspecified atom stereocenters. The highest BCUT2D eigenvalue weighted by Gasteiger charge is 2.21. The van der Waals surface area contributed by atoms with Gasteiger partial charge in [-0.05, 0) is 50.4 Å². The van der Waals surface area contributed by atoms with E-state index in [0.717, 1.165) is 31.7 Å². The van der Waals surface area contributed by atoms with Gasteiger partial charge < -0.3 is 4.90 Å². The first kappa shape index (κ1) is 15.1. The zero-order valence-electron chi connectivity index (χ0n) is 12.3. The van der Waals surface area contributed by atoms with Crippen LogP contribution in [0.2, 0.25) is 0 Å². The molecule has 110 valence electrons. The molecule has 4 heteroatoms. The van der Waals surface area contributed by atoms with Crippen LogP contribution >= 0.6 is 0 Å². The molecule has 1 fully saturated rings. The minimum atomic E-state index is -0.407. The highest BCUT2D eigenvalue weighted by atomic mass is 19.1. The Bertz CT molecular complexity index is 446. The number of Topliss-reactive ketones (excluding diaryl/α,β-unsaturated/α-hetero) is 1.